The van der Waals surface area contributed by atoms with E-state index in [0.717, 1.165) is 35.4 Å². The van der Waals surface area contributed by atoms with Gasteiger partial charge in [0, 0.05) is 24.5 Å². The summed E-state index contributed by atoms with van der Waals surface area (Å²) in [6, 6.07) is 6.10. The van der Waals surface area contributed by atoms with E-state index in [-0.39, 0.29) is 11.8 Å². The van der Waals surface area contributed by atoms with Crippen LogP contribution in [0.4, 0.5) is 11.4 Å². The van der Waals surface area contributed by atoms with E-state index in [9.17, 15) is 4.79 Å². The van der Waals surface area contributed by atoms with Gasteiger partial charge < -0.3 is 10.2 Å². The summed E-state index contributed by atoms with van der Waals surface area (Å²) in [5, 5.41) is 10.0. The summed E-state index contributed by atoms with van der Waals surface area (Å²) in [6.45, 7) is 8.28. The lowest BCUT2D eigenvalue weighted by Gasteiger charge is -2.17. The second-order valence-electron chi connectivity index (χ2n) is 6.08. The number of nitrogens with one attached hydrogen (secondary N) is 2. The summed E-state index contributed by atoms with van der Waals surface area (Å²) >= 11 is 3.47. The first-order valence-electron chi connectivity index (χ1n) is 7.94. The second kappa shape index (κ2) is 6.35. The van der Waals surface area contributed by atoms with Gasteiger partial charge in [-0.1, -0.05) is 19.9 Å². The molecule has 0 bridgehead atoms. The number of nitrogens with zero attached hydrogens (tertiary/aromatic N) is 2. The van der Waals surface area contributed by atoms with Crippen LogP contribution in [0.1, 0.15) is 48.4 Å². The van der Waals surface area contributed by atoms with Crippen LogP contribution in [-0.2, 0) is 6.42 Å². The number of carbonyl (C=O) groups is 1. The summed E-state index contributed by atoms with van der Waals surface area (Å²) in [5.41, 5.74) is 4.68. The van der Waals surface area contributed by atoms with Crippen molar-refractivity contribution in [3.8, 4) is 0 Å². The van der Waals surface area contributed by atoms with Crippen LogP contribution in [0.5, 0.6) is 0 Å². The quantitative estimate of drug-likeness (QED) is 0.849. The van der Waals surface area contributed by atoms with Crippen LogP contribution in [-0.4, -0.2) is 29.2 Å². The van der Waals surface area contributed by atoms with Gasteiger partial charge in [0.25, 0.3) is 5.91 Å². The summed E-state index contributed by atoms with van der Waals surface area (Å²) in [6.07, 6.45) is 1.07. The summed E-state index contributed by atoms with van der Waals surface area (Å²) < 4.78 is 0.737. The molecule has 6 heteroatoms. The van der Waals surface area contributed by atoms with Crippen molar-refractivity contribution in [3.05, 3.63) is 39.6 Å². The van der Waals surface area contributed by atoms with E-state index >= 15 is 0 Å². The summed E-state index contributed by atoms with van der Waals surface area (Å²) in [7, 11) is 0. The van der Waals surface area contributed by atoms with E-state index in [1.165, 1.54) is 11.3 Å². The van der Waals surface area contributed by atoms with Gasteiger partial charge in [-0.3, -0.25) is 9.89 Å². The van der Waals surface area contributed by atoms with Gasteiger partial charge in [-0.15, -0.1) is 0 Å². The van der Waals surface area contributed by atoms with Crippen molar-refractivity contribution in [2.45, 2.75) is 33.1 Å². The van der Waals surface area contributed by atoms with Gasteiger partial charge in [0.15, 0.2) is 5.69 Å². The number of fused-ring (bicyclic) bond motifs is 1. The number of benzene rings is 1. The predicted molar refractivity (Wildman–Crippen MR) is 96.4 cm³/mol. The fourth-order valence-electron chi connectivity index (χ4n) is 2.92. The van der Waals surface area contributed by atoms with Gasteiger partial charge in [0.2, 0.25) is 0 Å². The third kappa shape index (κ3) is 3.00. The average molecular weight is 377 g/mol. The highest BCUT2D eigenvalue weighted by Crippen LogP contribution is 2.31. The Morgan fingerprint density at radius 1 is 1.48 bits per heavy atom. The van der Waals surface area contributed by atoms with Crippen molar-refractivity contribution in [1.29, 1.82) is 0 Å². The summed E-state index contributed by atoms with van der Waals surface area (Å²) in [4.78, 5) is 14.8. The van der Waals surface area contributed by atoms with Gasteiger partial charge in [-0.05, 0) is 52.9 Å². The van der Waals surface area contributed by atoms with Crippen molar-refractivity contribution in [1.82, 2.24) is 10.2 Å². The van der Waals surface area contributed by atoms with Crippen LogP contribution in [0.3, 0.4) is 0 Å². The van der Waals surface area contributed by atoms with Crippen molar-refractivity contribution in [2.24, 2.45) is 0 Å². The normalized spacial score (nSPS) is 13.5. The number of H-pyrrole nitrogens is 1. The van der Waals surface area contributed by atoms with Crippen molar-refractivity contribution < 1.29 is 4.79 Å². The highest BCUT2D eigenvalue weighted by Gasteiger charge is 2.21. The Hall–Kier alpha value is -1.82. The highest BCUT2D eigenvalue weighted by atomic mass is 79.9. The molecule has 1 aliphatic heterocycles. The van der Waals surface area contributed by atoms with E-state index in [2.05, 4.69) is 63.2 Å². The molecule has 23 heavy (non-hydrogen) atoms. The third-order valence-corrected chi connectivity index (χ3v) is 5.04. The Balaban J connectivity index is 1.81. The molecule has 2 heterocycles. The lowest BCUT2D eigenvalue weighted by molar-refractivity contribution is 0.102. The average Bonchev–Trinajstić information content (AvgIpc) is 3.10. The van der Waals surface area contributed by atoms with Crippen LogP contribution in [0.15, 0.2) is 22.7 Å². The predicted octanol–water partition coefficient (Wildman–Crippen LogP) is 3.93. The SMILES string of the molecule is CCN1CCc2ccc(NC(=O)c3n[nH]c(C(C)C)c3Br)cc21. The van der Waals surface area contributed by atoms with Gasteiger partial charge in [-0.2, -0.15) is 5.10 Å². The summed E-state index contributed by atoms with van der Waals surface area (Å²) in [5.74, 6) is 0.0672. The Labute approximate surface area is 144 Å². The molecule has 0 fully saturated rings. The van der Waals surface area contributed by atoms with E-state index in [1.807, 2.05) is 12.1 Å². The van der Waals surface area contributed by atoms with Gasteiger partial charge in [-0.25, -0.2) is 0 Å². The molecule has 2 aromatic rings. The lowest BCUT2D eigenvalue weighted by Crippen LogP contribution is -2.19. The highest BCUT2D eigenvalue weighted by molar-refractivity contribution is 9.10. The van der Waals surface area contributed by atoms with E-state index in [0.29, 0.717) is 5.69 Å². The molecular formula is C17H21BrN4O. The molecule has 1 aromatic heterocycles. The van der Waals surface area contributed by atoms with Crippen molar-refractivity contribution in [2.75, 3.05) is 23.3 Å². The molecule has 1 aromatic carbocycles. The van der Waals surface area contributed by atoms with E-state index < -0.39 is 0 Å². The molecule has 2 N–H and O–H groups in total. The molecule has 3 rings (SSSR count). The molecular weight excluding hydrogens is 356 g/mol. The number of anilines is 2. The number of rotatable bonds is 4. The molecule has 1 amide bonds. The number of hydrogen-bond donors (Lipinski definition) is 2. The molecule has 0 spiro atoms. The van der Waals surface area contributed by atoms with Crippen LogP contribution in [0, 0.1) is 0 Å². The van der Waals surface area contributed by atoms with Crippen molar-refractivity contribution >= 4 is 33.2 Å². The maximum atomic E-state index is 12.5. The molecule has 1 aliphatic rings. The monoisotopic (exact) mass is 376 g/mol. The van der Waals surface area contributed by atoms with E-state index in [4.69, 9.17) is 0 Å². The Kier molecular flexibility index (Phi) is 4.43. The number of hydrogen-bond acceptors (Lipinski definition) is 3. The number of amides is 1. The number of likely N-dealkylation sites (N-methyl/N-ethyl adjacent to an activating group) is 1. The largest absolute Gasteiger partial charge is 0.371 e. The molecule has 0 atom stereocenters. The minimum absolute atomic E-state index is 0.207. The third-order valence-electron chi connectivity index (χ3n) is 4.24. The number of aromatic nitrogens is 2. The zero-order valence-corrected chi connectivity index (χ0v) is 15.2. The fraction of sp³-hybridized carbons (Fsp3) is 0.412. The van der Waals surface area contributed by atoms with Crippen LogP contribution >= 0.6 is 15.9 Å². The number of carbonyl (C=O) groups excluding carboxylic acids is 1. The molecule has 0 saturated carbocycles. The maximum absolute atomic E-state index is 12.5. The Bertz CT molecular complexity index is 738. The molecule has 0 aliphatic carbocycles. The van der Waals surface area contributed by atoms with Crippen LogP contribution in [0.2, 0.25) is 0 Å². The zero-order chi connectivity index (χ0) is 16.6. The Morgan fingerprint density at radius 2 is 2.26 bits per heavy atom. The van der Waals surface area contributed by atoms with E-state index in [1.54, 1.807) is 0 Å². The molecule has 5 nitrogen and oxygen atoms in total. The second-order valence-corrected chi connectivity index (χ2v) is 6.87. The smallest absolute Gasteiger partial charge is 0.277 e. The molecule has 0 unspecified atom stereocenters. The number of halogens is 1. The fourth-order valence-corrected chi connectivity index (χ4v) is 3.73. The molecule has 122 valence electrons. The molecule has 0 radical (unpaired) electrons. The minimum Gasteiger partial charge on any atom is -0.371 e. The van der Waals surface area contributed by atoms with Gasteiger partial charge in [0.1, 0.15) is 0 Å². The van der Waals surface area contributed by atoms with Crippen LogP contribution in [0.25, 0.3) is 0 Å². The maximum Gasteiger partial charge on any atom is 0.277 e. The molecule has 0 saturated heterocycles. The first-order chi connectivity index (χ1) is 11.0. The lowest BCUT2D eigenvalue weighted by atomic mass is 10.1. The topological polar surface area (TPSA) is 61.0 Å². The standard InChI is InChI=1S/C17H21BrN4O/c1-4-22-8-7-11-5-6-12(9-13(11)22)19-17(23)16-14(18)15(10(2)3)20-21-16/h5-6,9-10H,4,7-8H2,1-3H3,(H,19,23)(H,20,21). The Morgan fingerprint density at radius 3 is 2.91 bits per heavy atom. The van der Waals surface area contributed by atoms with Gasteiger partial charge in [0.05, 0.1) is 10.2 Å². The minimum atomic E-state index is -0.207. The number of aromatic amines is 1. The van der Waals surface area contributed by atoms with Crippen molar-refractivity contribution in [3.63, 3.8) is 0 Å². The first kappa shape index (κ1) is 16.1. The van der Waals surface area contributed by atoms with Gasteiger partial charge >= 0.3 is 0 Å². The zero-order valence-electron chi connectivity index (χ0n) is 13.6. The first-order valence-corrected chi connectivity index (χ1v) is 8.73. The van der Waals surface area contributed by atoms with Crippen LogP contribution < -0.4 is 10.2 Å².